The summed E-state index contributed by atoms with van der Waals surface area (Å²) in [4.78, 5) is 4.95. The highest BCUT2D eigenvalue weighted by Crippen LogP contribution is 2.50. The van der Waals surface area contributed by atoms with Crippen molar-refractivity contribution in [1.82, 2.24) is 0 Å². The highest BCUT2D eigenvalue weighted by molar-refractivity contribution is 6.23. The van der Waals surface area contributed by atoms with E-state index >= 15 is 0 Å². The van der Waals surface area contributed by atoms with Crippen LogP contribution in [0.2, 0.25) is 0 Å². The average Bonchev–Trinajstić information content (AvgIpc) is 3.46. The van der Waals surface area contributed by atoms with Gasteiger partial charge in [-0.2, -0.15) is 0 Å². The van der Waals surface area contributed by atoms with E-state index in [0.717, 1.165) is 47.7 Å². The van der Waals surface area contributed by atoms with Gasteiger partial charge in [0.25, 0.3) is 0 Å². The third kappa shape index (κ3) is 8.66. The quantitative estimate of drug-likeness (QED) is 0.140. The topological polar surface area (TPSA) is 6.48 Å². The lowest BCUT2D eigenvalue weighted by Gasteiger charge is -2.32. The van der Waals surface area contributed by atoms with Crippen molar-refractivity contribution in [3.8, 4) is 22.3 Å². The van der Waals surface area contributed by atoms with Gasteiger partial charge in [-0.05, 0) is 196 Å². The van der Waals surface area contributed by atoms with Crippen molar-refractivity contribution in [2.75, 3.05) is 9.80 Å². The van der Waals surface area contributed by atoms with E-state index in [1.54, 1.807) is 0 Å². The molecule has 2 heteroatoms. The van der Waals surface area contributed by atoms with Crippen LogP contribution in [0.15, 0.2) is 242 Å². The molecular formula is C74H64N2. The molecular weight excluding hydrogens is 917 g/mol. The van der Waals surface area contributed by atoms with Crippen molar-refractivity contribution in [3.63, 3.8) is 0 Å². The van der Waals surface area contributed by atoms with Gasteiger partial charge >= 0.3 is 0 Å². The van der Waals surface area contributed by atoms with Crippen LogP contribution in [0.3, 0.4) is 0 Å². The molecule has 3 aliphatic carbocycles. The Kier molecular flexibility index (Phi) is 11.6. The summed E-state index contributed by atoms with van der Waals surface area (Å²) in [5.74, 6) is 0.390. The molecule has 0 spiro atoms. The molecule has 10 aromatic carbocycles. The predicted molar refractivity (Wildman–Crippen MR) is 328 cm³/mol. The van der Waals surface area contributed by atoms with Crippen molar-refractivity contribution < 1.29 is 0 Å². The van der Waals surface area contributed by atoms with Gasteiger partial charge in [0.1, 0.15) is 0 Å². The van der Waals surface area contributed by atoms with Crippen molar-refractivity contribution in [1.29, 1.82) is 0 Å². The average molecular weight is 981 g/mol. The molecule has 1 unspecified atom stereocenters. The molecule has 0 amide bonds. The Bertz CT molecular complexity index is 4090. The van der Waals surface area contributed by atoms with Crippen LogP contribution in [0.5, 0.6) is 0 Å². The molecule has 76 heavy (non-hydrogen) atoms. The lowest BCUT2D eigenvalue weighted by Crippen LogP contribution is -2.19. The number of hydrogen-bond donors (Lipinski definition) is 0. The molecule has 370 valence electrons. The van der Waals surface area contributed by atoms with Crippen LogP contribution < -0.4 is 9.80 Å². The highest BCUT2D eigenvalue weighted by atomic mass is 15.2. The minimum atomic E-state index is 0.0280. The summed E-state index contributed by atoms with van der Waals surface area (Å²) in [7, 11) is 0. The lowest BCUT2D eigenvalue weighted by atomic mass is 9.83. The molecule has 0 saturated carbocycles. The summed E-state index contributed by atoms with van der Waals surface area (Å²) in [5.41, 5.74) is 18.5. The minimum absolute atomic E-state index is 0.0280. The van der Waals surface area contributed by atoms with E-state index < -0.39 is 0 Å². The Labute approximate surface area is 449 Å². The van der Waals surface area contributed by atoms with Gasteiger partial charge in [0, 0.05) is 40.1 Å². The van der Waals surface area contributed by atoms with Crippen LogP contribution in [0.4, 0.5) is 28.4 Å². The van der Waals surface area contributed by atoms with Gasteiger partial charge < -0.3 is 9.80 Å². The molecule has 13 rings (SSSR count). The molecule has 10 aromatic rings. The summed E-state index contributed by atoms with van der Waals surface area (Å²) < 4.78 is 0. The number of rotatable bonds is 8. The molecule has 3 aliphatic rings. The predicted octanol–water partition coefficient (Wildman–Crippen LogP) is 20.8. The van der Waals surface area contributed by atoms with E-state index in [1.807, 2.05) is 0 Å². The third-order valence-corrected chi connectivity index (χ3v) is 16.2. The van der Waals surface area contributed by atoms with Gasteiger partial charge in [0.05, 0.1) is 0 Å². The number of nitrogens with zero attached hydrogens (tertiary/aromatic N) is 2. The maximum Gasteiger partial charge on any atom is 0.0468 e. The molecule has 0 bridgehead atoms. The molecule has 1 atom stereocenters. The summed E-state index contributed by atoms with van der Waals surface area (Å²) in [6, 6.07) is 71.7. The van der Waals surface area contributed by atoms with Crippen LogP contribution in [-0.4, -0.2) is 0 Å². The Morgan fingerprint density at radius 3 is 1.61 bits per heavy atom. The van der Waals surface area contributed by atoms with Crippen molar-refractivity contribution in [3.05, 3.63) is 264 Å². The van der Waals surface area contributed by atoms with Gasteiger partial charge in [0.15, 0.2) is 0 Å². The summed E-state index contributed by atoms with van der Waals surface area (Å²) in [6.07, 6.45) is 21.5. The van der Waals surface area contributed by atoms with Crippen LogP contribution in [0.25, 0.3) is 71.4 Å². The largest absolute Gasteiger partial charge is 0.311 e. The zero-order valence-electron chi connectivity index (χ0n) is 44.6. The molecule has 0 fully saturated rings. The van der Waals surface area contributed by atoms with Crippen LogP contribution in [-0.2, 0) is 17.3 Å². The van der Waals surface area contributed by atoms with Crippen molar-refractivity contribution >= 4 is 77.6 Å². The van der Waals surface area contributed by atoms with Gasteiger partial charge in [-0.1, -0.05) is 205 Å². The third-order valence-electron chi connectivity index (χ3n) is 16.2. The van der Waals surface area contributed by atoms with Crippen LogP contribution >= 0.6 is 0 Å². The second kappa shape index (κ2) is 18.7. The fourth-order valence-corrected chi connectivity index (χ4v) is 12.1. The van der Waals surface area contributed by atoms with E-state index in [4.69, 9.17) is 0 Å². The normalized spacial score (nSPS) is 15.2. The fourth-order valence-electron chi connectivity index (χ4n) is 12.1. The molecule has 0 radical (unpaired) electrons. The summed E-state index contributed by atoms with van der Waals surface area (Å²) in [6.45, 7) is 13.8. The molecule has 0 aliphatic heterocycles. The second-order valence-electron chi connectivity index (χ2n) is 23.3. The van der Waals surface area contributed by atoms with E-state index in [1.165, 1.54) is 98.9 Å². The number of benzene rings is 10. The SMILES string of the molecule is CC(C)(C)c1ccc(N(C2=CCC3C=CC=CC3=C2)c2ccc3c(-c4ccc5ccccc5c4)c4cc(N(c5ccc(C(C)(C)C)cc5)c5ccc6ccccc6c5)ccc4c(-c4ccc5c(c4)CCC=C5)c3c2)cc1. The molecule has 2 nitrogen and oxygen atoms in total. The Morgan fingerprint density at radius 2 is 0.961 bits per heavy atom. The Morgan fingerprint density at radius 1 is 0.434 bits per heavy atom. The second-order valence-corrected chi connectivity index (χ2v) is 23.3. The van der Waals surface area contributed by atoms with Gasteiger partial charge in [0.2, 0.25) is 0 Å². The first-order chi connectivity index (χ1) is 36.9. The molecule has 0 heterocycles. The zero-order valence-corrected chi connectivity index (χ0v) is 44.6. The lowest BCUT2D eigenvalue weighted by molar-refractivity contribution is 0.590. The number of anilines is 5. The van der Waals surface area contributed by atoms with E-state index in [2.05, 4.69) is 288 Å². The molecule has 0 saturated heterocycles. The van der Waals surface area contributed by atoms with E-state index in [0.29, 0.717) is 5.92 Å². The Hall–Kier alpha value is -8.46. The molecule has 0 N–H and O–H groups in total. The first kappa shape index (κ1) is 47.3. The van der Waals surface area contributed by atoms with Crippen molar-refractivity contribution in [2.24, 2.45) is 5.92 Å². The van der Waals surface area contributed by atoms with Crippen LogP contribution in [0.1, 0.15) is 76.6 Å². The van der Waals surface area contributed by atoms with Gasteiger partial charge in [-0.25, -0.2) is 0 Å². The number of allylic oxidation sites excluding steroid dienone is 8. The fraction of sp³-hybridized carbons (Fsp3) is 0.162. The minimum Gasteiger partial charge on any atom is -0.311 e. The highest BCUT2D eigenvalue weighted by Gasteiger charge is 2.26. The standard InChI is InChI=1S/C74H64N2/c1-73(2,3)59-29-35-61(36-30-59)75(63-33-27-51-17-9-13-21-55(51)45-63)65-39-41-67-69(47-65)71(57-25-23-49-15-7-11-19-53(49)43-57)68-42-40-66(48-70(68)72(67)58-26-24-50-16-8-12-20-54(50)44-58)76(62-37-31-60(32-38-62)74(4,5)6)64-34-28-52-18-10-14-22-56(52)46-64/h7-11,13-19,21-27,29-48,52H,12,20,28H2,1-6H3. The van der Waals surface area contributed by atoms with Crippen LogP contribution in [0, 0.1) is 5.92 Å². The summed E-state index contributed by atoms with van der Waals surface area (Å²) in [5, 5.41) is 9.80. The van der Waals surface area contributed by atoms with E-state index in [-0.39, 0.29) is 10.8 Å². The first-order valence-electron chi connectivity index (χ1n) is 27.3. The molecule has 0 aromatic heterocycles. The van der Waals surface area contributed by atoms with Gasteiger partial charge in [-0.3, -0.25) is 0 Å². The first-order valence-corrected chi connectivity index (χ1v) is 27.3. The number of aryl methyl sites for hydroxylation is 1. The smallest absolute Gasteiger partial charge is 0.0468 e. The number of hydrogen-bond acceptors (Lipinski definition) is 2. The maximum atomic E-state index is 2.50. The summed E-state index contributed by atoms with van der Waals surface area (Å²) >= 11 is 0. The number of fused-ring (bicyclic) bond motifs is 6. The van der Waals surface area contributed by atoms with E-state index in [9.17, 15) is 0 Å². The van der Waals surface area contributed by atoms with Crippen molar-refractivity contribution in [2.45, 2.75) is 71.6 Å². The Balaban J connectivity index is 1.10. The zero-order chi connectivity index (χ0) is 51.7. The van der Waals surface area contributed by atoms with Gasteiger partial charge in [-0.15, -0.1) is 0 Å². The maximum absolute atomic E-state index is 2.50. The monoisotopic (exact) mass is 981 g/mol.